The molecule has 3 aromatic carbocycles. The summed E-state index contributed by atoms with van der Waals surface area (Å²) in [6, 6.07) is 17.4. The van der Waals surface area contributed by atoms with Crippen LogP contribution in [0.15, 0.2) is 83.4 Å². The van der Waals surface area contributed by atoms with E-state index in [1.807, 2.05) is 0 Å². The molecule has 0 radical (unpaired) electrons. The average Bonchev–Trinajstić information content (AvgIpc) is 3.44. The summed E-state index contributed by atoms with van der Waals surface area (Å²) in [6.45, 7) is 4.35. The van der Waals surface area contributed by atoms with Crippen LogP contribution in [0.3, 0.4) is 0 Å². The van der Waals surface area contributed by atoms with Gasteiger partial charge in [-0.05, 0) is 29.8 Å². The molecular weight excluding hydrogens is 566 g/mol. The first-order chi connectivity index (χ1) is 21.4. The monoisotopic (exact) mass is 601 g/mol. The van der Waals surface area contributed by atoms with Crippen LogP contribution in [-0.2, 0) is 16.1 Å². The molecule has 12 nitrogen and oxygen atoms in total. The molecule has 0 fully saturated rings. The largest absolute Gasteiger partial charge is 0.496 e. The number of nitrogens with one attached hydrogen (secondary N) is 1. The van der Waals surface area contributed by atoms with E-state index in [-0.39, 0.29) is 25.5 Å². The number of nitrogens with zero attached hydrogens (tertiary/aromatic N) is 4. The Bertz CT molecular complexity index is 1530. The minimum absolute atomic E-state index is 0.0346. The van der Waals surface area contributed by atoms with E-state index in [4.69, 9.17) is 33.8 Å². The van der Waals surface area contributed by atoms with Gasteiger partial charge < -0.3 is 34.1 Å². The van der Waals surface area contributed by atoms with E-state index in [0.29, 0.717) is 58.4 Å². The molecule has 3 aromatic rings. The van der Waals surface area contributed by atoms with Gasteiger partial charge in [-0.25, -0.2) is 4.99 Å². The molecular formula is C32H35N5O7. The summed E-state index contributed by atoms with van der Waals surface area (Å²) in [6.07, 6.45) is 1.26. The molecule has 230 valence electrons. The third kappa shape index (κ3) is 6.72. The fourth-order valence-electron chi connectivity index (χ4n) is 4.93. The lowest BCUT2D eigenvalue weighted by Gasteiger charge is -2.30. The molecule has 2 atom stereocenters. The molecule has 1 amide bonds. The van der Waals surface area contributed by atoms with Gasteiger partial charge in [0.15, 0.2) is 11.6 Å². The molecule has 0 saturated heterocycles. The van der Waals surface area contributed by atoms with Crippen molar-refractivity contribution in [3.05, 3.63) is 100 Å². The summed E-state index contributed by atoms with van der Waals surface area (Å²) < 4.78 is 28.6. The van der Waals surface area contributed by atoms with Gasteiger partial charge in [-0.2, -0.15) is 0 Å². The van der Waals surface area contributed by atoms with Crippen LogP contribution in [0.25, 0.3) is 10.4 Å². The van der Waals surface area contributed by atoms with E-state index in [9.17, 15) is 10.3 Å². The lowest BCUT2D eigenvalue weighted by molar-refractivity contribution is -0.129. The highest BCUT2D eigenvalue weighted by Gasteiger charge is 2.53. The molecule has 0 aromatic heterocycles. The number of carbonyl (C=O) groups excluding carboxylic acids is 1. The van der Waals surface area contributed by atoms with Gasteiger partial charge in [0.05, 0.1) is 40.0 Å². The summed E-state index contributed by atoms with van der Waals surface area (Å²) >= 11 is 0. The first-order valence-electron chi connectivity index (χ1n) is 13.9. The van der Waals surface area contributed by atoms with E-state index >= 15 is 0 Å². The van der Waals surface area contributed by atoms with Gasteiger partial charge in [0, 0.05) is 53.3 Å². The Kier molecular flexibility index (Phi) is 10.7. The van der Waals surface area contributed by atoms with Crippen LogP contribution < -0.4 is 24.3 Å². The number of carbonyl (C=O) groups is 1. The average molecular weight is 602 g/mol. The zero-order valence-corrected chi connectivity index (χ0v) is 24.9. The highest BCUT2D eigenvalue weighted by atomic mass is 16.5. The number of aliphatic imine (C=N–C) groups is 1. The van der Waals surface area contributed by atoms with Gasteiger partial charge in [-0.1, -0.05) is 35.5 Å². The number of rotatable bonds is 15. The van der Waals surface area contributed by atoms with E-state index in [0.717, 1.165) is 0 Å². The second-order valence-electron chi connectivity index (χ2n) is 9.72. The third-order valence-corrected chi connectivity index (χ3v) is 7.10. The molecule has 0 spiro atoms. The van der Waals surface area contributed by atoms with Crippen LogP contribution in [0.1, 0.15) is 35.6 Å². The van der Waals surface area contributed by atoms with Crippen molar-refractivity contribution in [3.8, 4) is 23.0 Å². The Hall–Kier alpha value is -5.19. The van der Waals surface area contributed by atoms with Crippen LogP contribution in [0.2, 0.25) is 0 Å². The van der Waals surface area contributed by atoms with Gasteiger partial charge >= 0.3 is 0 Å². The van der Waals surface area contributed by atoms with Crippen molar-refractivity contribution in [1.82, 2.24) is 5.32 Å². The summed E-state index contributed by atoms with van der Waals surface area (Å²) in [5.74, 6) is 1.87. The maximum Gasteiger partial charge on any atom is 0.252 e. The van der Waals surface area contributed by atoms with Gasteiger partial charge in [-0.15, -0.1) is 6.58 Å². The number of hydrogen-bond acceptors (Lipinski definition) is 9. The fourth-order valence-corrected chi connectivity index (χ4v) is 4.93. The summed E-state index contributed by atoms with van der Waals surface area (Å²) in [4.78, 5) is 22.1. The van der Waals surface area contributed by atoms with Crippen LogP contribution >= 0.6 is 0 Å². The molecule has 44 heavy (non-hydrogen) atoms. The molecule has 0 aliphatic carbocycles. The quantitative estimate of drug-likeness (QED) is 0.0759. The first kappa shape index (κ1) is 31.7. The topological polar surface area (TPSA) is 157 Å². The van der Waals surface area contributed by atoms with Gasteiger partial charge in [-0.3, -0.25) is 4.79 Å². The minimum atomic E-state index is -1.51. The zero-order chi connectivity index (χ0) is 31.5. The van der Waals surface area contributed by atoms with E-state index < -0.39 is 17.6 Å². The van der Waals surface area contributed by atoms with Crippen molar-refractivity contribution < 1.29 is 33.6 Å². The van der Waals surface area contributed by atoms with E-state index in [1.165, 1.54) is 21.3 Å². The number of aliphatic hydroxyl groups is 1. The maximum absolute atomic E-state index is 14.3. The Labute approximate surface area is 255 Å². The van der Waals surface area contributed by atoms with E-state index in [1.54, 1.807) is 66.7 Å². The second-order valence-corrected chi connectivity index (χ2v) is 9.72. The summed E-state index contributed by atoms with van der Waals surface area (Å²) in [7, 11) is 4.58. The zero-order valence-electron chi connectivity index (χ0n) is 24.9. The normalized spacial score (nSPS) is 17.0. The van der Waals surface area contributed by atoms with Crippen LogP contribution in [0.5, 0.6) is 23.0 Å². The number of aliphatic hydroxyl groups excluding tert-OH is 1. The maximum atomic E-state index is 14.3. The second kappa shape index (κ2) is 14.8. The Morgan fingerprint density at radius 3 is 2.43 bits per heavy atom. The molecule has 4 rings (SSSR count). The van der Waals surface area contributed by atoms with Crippen molar-refractivity contribution >= 4 is 17.5 Å². The van der Waals surface area contributed by atoms with Crippen LogP contribution in [-0.4, -0.2) is 57.0 Å². The SMILES string of the molecule is C=CC[C@@]1(C(=O)NCc2c(OC)cc(OC)cc2OC)N=C(c2ccc(OCCCO)cc2)O[C@@H]1c1ccccc1N=[N+]=[N-]. The number of azide groups is 1. The number of benzene rings is 3. The lowest BCUT2D eigenvalue weighted by atomic mass is 9.83. The van der Waals surface area contributed by atoms with Gasteiger partial charge in [0.1, 0.15) is 23.0 Å². The van der Waals surface area contributed by atoms with Crippen molar-refractivity contribution in [2.45, 2.75) is 31.0 Å². The van der Waals surface area contributed by atoms with Crippen LogP contribution in [0.4, 0.5) is 5.69 Å². The summed E-state index contributed by atoms with van der Waals surface area (Å²) in [5.41, 5.74) is 9.75. The predicted molar refractivity (Wildman–Crippen MR) is 165 cm³/mol. The van der Waals surface area contributed by atoms with E-state index in [2.05, 4.69) is 21.9 Å². The van der Waals surface area contributed by atoms with Crippen molar-refractivity contribution in [2.24, 2.45) is 10.1 Å². The lowest BCUT2D eigenvalue weighted by Crippen LogP contribution is -2.47. The molecule has 12 heteroatoms. The molecule has 0 unspecified atom stereocenters. The molecule has 2 N–H and O–H groups in total. The number of ether oxygens (including phenoxy) is 5. The minimum Gasteiger partial charge on any atom is -0.496 e. The number of amides is 1. The number of methoxy groups -OCH3 is 3. The molecule has 1 aliphatic rings. The molecule has 1 aliphatic heterocycles. The Balaban J connectivity index is 1.76. The fraction of sp³-hybridized carbons (Fsp3) is 0.312. The van der Waals surface area contributed by atoms with Crippen molar-refractivity contribution in [2.75, 3.05) is 34.5 Å². The number of hydrogen-bond donors (Lipinski definition) is 2. The summed E-state index contributed by atoms with van der Waals surface area (Å²) in [5, 5.41) is 15.9. The molecule has 0 saturated carbocycles. The van der Waals surface area contributed by atoms with Crippen molar-refractivity contribution in [1.29, 1.82) is 0 Å². The van der Waals surface area contributed by atoms with Gasteiger partial charge in [0.2, 0.25) is 5.90 Å². The standard InChI is InChI=1S/C32H35N5O7/c1-5-15-32(31(39)34-20-25-27(41-3)18-23(40-2)19-28(25)42-4)29(24-9-6-7-10-26(24)36-37-33)44-30(35-32)21-11-13-22(14-12-21)43-17-8-16-38/h5-7,9-14,18-19,29,38H,1,8,15-17,20H2,2-4H3,(H,34,39)/t29-,32-/m1/s1. The highest BCUT2D eigenvalue weighted by molar-refractivity contribution is 6.01. The Morgan fingerprint density at radius 2 is 1.82 bits per heavy atom. The third-order valence-electron chi connectivity index (χ3n) is 7.10. The van der Waals surface area contributed by atoms with Crippen molar-refractivity contribution in [3.63, 3.8) is 0 Å². The molecule has 1 heterocycles. The Morgan fingerprint density at radius 1 is 1.11 bits per heavy atom. The highest BCUT2D eigenvalue weighted by Crippen LogP contribution is 2.46. The first-order valence-corrected chi connectivity index (χ1v) is 13.9. The van der Waals surface area contributed by atoms with Gasteiger partial charge in [0.25, 0.3) is 5.91 Å². The molecule has 0 bridgehead atoms. The predicted octanol–water partition coefficient (Wildman–Crippen LogP) is 5.56. The van der Waals surface area contributed by atoms with Crippen LogP contribution in [0, 0.1) is 0 Å². The smallest absolute Gasteiger partial charge is 0.252 e.